The summed E-state index contributed by atoms with van der Waals surface area (Å²) in [4.78, 5) is 14.4. The summed E-state index contributed by atoms with van der Waals surface area (Å²) < 4.78 is 0. The van der Waals surface area contributed by atoms with Crippen molar-refractivity contribution in [1.82, 2.24) is 4.90 Å². The summed E-state index contributed by atoms with van der Waals surface area (Å²) in [5.74, 6) is 0.296. The van der Waals surface area contributed by atoms with Gasteiger partial charge >= 0.3 is 0 Å². The molecule has 1 unspecified atom stereocenters. The van der Waals surface area contributed by atoms with Gasteiger partial charge in [-0.05, 0) is 47.9 Å². The number of rotatable bonds is 2. The zero-order chi connectivity index (χ0) is 14.1. The van der Waals surface area contributed by atoms with Crippen LogP contribution in [0, 0.1) is 0 Å². The summed E-state index contributed by atoms with van der Waals surface area (Å²) in [5.41, 5.74) is 0.692. The fraction of sp³-hybridized carbons (Fsp3) is 0.235. The van der Waals surface area contributed by atoms with Gasteiger partial charge in [0.25, 0.3) is 5.91 Å². The van der Waals surface area contributed by atoms with Crippen LogP contribution in [0.5, 0.6) is 5.75 Å². The second-order valence-corrected chi connectivity index (χ2v) is 5.19. The predicted octanol–water partition coefficient (Wildman–Crippen LogP) is 3.34. The largest absolute Gasteiger partial charge is 0.508 e. The SMILES string of the molecule is C=CC1CCCN1C(=O)c1ccc2cc(O)ccc2c1. The van der Waals surface area contributed by atoms with E-state index in [-0.39, 0.29) is 17.7 Å². The third-order valence-electron chi connectivity index (χ3n) is 3.90. The van der Waals surface area contributed by atoms with E-state index in [4.69, 9.17) is 0 Å². The molecule has 3 heteroatoms. The van der Waals surface area contributed by atoms with Crippen molar-refractivity contribution >= 4 is 16.7 Å². The molecule has 1 amide bonds. The highest BCUT2D eigenvalue weighted by Crippen LogP contribution is 2.24. The maximum atomic E-state index is 12.6. The van der Waals surface area contributed by atoms with Crippen molar-refractivity contribution in [3.63, 3.8) is 0 Å². The van der Waals surface area contributed by atoms with Crippen LogP contribution in [0.15, 0.2) is 49.1 Å². The van der Waals surface area contributed by atoms with E-state index in [1.807, 2.05) is 35.2 Å². The van der Waals surface area contributed by atoms with E-state index >= 15 is 0 Å². The maximum absolute atomic E-state index is 12.6. The number of fused-ring (bicyclic) bond motifs is 1. The highest BCUT2D eigenvalue weighted by molar-refractivity contribution is 5.99. The Morgan fingerprint density at radius 2 is 2.00 bits per heavy atom. The molecule has 1 N–H and O–H groups in total. The summed E-state index contributed by atoms with van der Waals surface area (Å²) in [6.45, 7) is 4.60. The van der Waals surface area contributed by atoms with Crippen LogP contribution in [0.2, 0.25) is 0 Å². The van der Waals surface area contributed by atoms with Gasteiger partial charge in [0, 0.05) is 12.1 Å². The summed E-state index contributed by atoms with van der Waals surface area (Å²) >= 11 is 0. The standard InChI is InChI=1S/C17H17NO2/c1-2-15-4-3-9-18(15)17(20)14-6-5-13-11-16(19)8-7-12(13)10-14/h2,5-8,10-11,15,19H,1,3-4,9H2. The average molecular weight is 267 g/mol. The molecule has 0 bridgehead atoms. The fourth-order valence-electron chi connectivity index (χ4n) is 2.82. The Labute approximate surface area is 118 Å². The van der Waals surface area contributed by atoms with Gasteiger partial charge in [0.05, 0.1) is 6.04 Å². The van der Waals surface area contributed by atoms with Crippen LogP contribution in [0.3, 0.4) is 0 Å². The number of carbonyl (C=O) groups is 1. The van der Waals surface area contributed by atoms with Crippen LogP contribution in [0.25, 0.3) is 10.8 Å². The lowest BCUT2D eigenvalue weighted by atomic mass is 10.1. The van der Waals surface area contributed by atoms with Crippen LogP contribution < -0.4 is 0 Å². The number of nitrogens with zero attached hydrogens (tertiary/aromatic N) is 1. The van der Waals surface area contributed by atoms with Gasteiger partial charge in [-0.2, -0.15) is 0 Å². The molecule has 0 spiro atoms. The molecule has 1 aliphatic rings. The Morgan fingerprint density at radius 1 is 1.25 bits per heavy atom. The number of amides is 1. The summed E-state index contributed by atoms with van der Waals surface area (Å²) in [6.07, 6.45) is 3.88. The molecule has 3 rings (SSSR count). The maximum Gasteiger partial charge on any atom is 0.254 e. The smallest absolute Gasteiger partial charge is 0.254 e. The molecule has 102 valence electrons. The number of hydrogen-bond donors (Lipinski definition) is 1. The first-order valence-electron chi connectivity index (χ1n) is 6.85. The lowest BCUT2D eigenvalue weighted by Gasteiger charge is -2.22. The zero-order valence-corrected chi connectivity index (χ0v) is 11.2. The molecular weight excluding hydrogens is 250 g/mol. The van der Waals surface area contributed by atoms with Crippen molar-refractivity contribution in [3.05, 3.63) is 54.6 Å². The second kappa shape index (κ2) is 5.00. The van der Waals surface area contributed by atoms with Crippen molar-refractivity contribution in [3.8, 4) is 5.75 Å². The first-order chi connectivity index (χ1) is 9.69. The molecule has 1 heterocycles. The summed E-state index contributed by atoms with van der Waals surface area (Å²) in [7, 11) is 0. The Bertz CT molecular complexity index is 678. The molecule has 1 saturated heterocycles. The number of aromatic hydroxyl groups is 1. The molecule has 0 aliphatic carbocycles. The predicted molar refractivity (Wildman–Crippen MR) is 79.9 cm³/mol. The molecule has 0 saturated carbocycles. The lowest BCUT2D eigenvalue weighted by Crippen LogP contribution is -2.34. The Morgan fingerprint density at radius 3 is 2.80 bits per heavy atom. The number of likely N-dealkylation sites (tertiary alicyclic amines) is 1. The highest BCUT2D eigenvalue weighted by atomic mass is 16.3. The van der Waals surface area contributed by atoms with E-state index in [0.29, 0.717) is 5.56 Å². The third-order valence-corrected chi connectivity index (χ3v) is 3.90. The number of carbonyl (C=O) groups excluding carboxylic acids is 1. The van der Waals surface area contributed by atoms with E-state index in [9.17, 15) is 9.90 Å². The zero-order valence-electron chi connectivity index (χ0n) is 11.2. The number of hydrogen-bond acceptors (Lipinski definition) is 2. The minimum atomic E-state index is 0.0578. The molecule has 2 aromatic rings. The minimum Gasteiger partial charge on any atom is -0.508 e. The molecule has 0 radical (unpaired) electrons. The van der Waals surface area contributed by atoms with Gasteiger partial charge in [0.15, 0.2) is 0 Å². The van der Waals surface area contributed by atoms with E-state index in [1.54, 1.807) is 12.1 Å². The first kappa shape index (κ1) is 12.7. The normalized spacial score (nSPS) is 18.4. The molecule has 0 aromatic heterocycles. The van der Waals surface area contributed by atoms with Gasteiger partial charge in [-0.1, -0.05) is 18.2 Å². The molecular formula is C17H17NO2. The van der Waals surface area contributed by atoms with Crippen molar-refractivity contribution in [1.29, 1.82) is 0 Å². The van der Waals surface area contributed by atoms with Crippen molar-refractivity contribution in [2.45, 2.75) is 18.9 Å². The molecule has 1 fully saturated rings. The number of phenolic OH excluding ortho intramolecular Hbond substituents is 1. The number of phenols is 1. The van der Waals surface area contributed by atoms with E-state index in [0.717, 1.165) is 30.2 Å². The average Bonchev–Trinajstić information content (AvgIpc) is 2.94. The Hall–Kier alpha value is -2.29. The summed E-state index contributed by atoms with van der Waals surface area (Å²) in [6, 6.07) is 10.9. The lowest BCUT2D eigenvalue weighted by molar-refractivity contribution is 0.0762. The van der Waals surface area contributed by atoms with Crippen LogP contribution in [-0.2, 0) is 0 Å². The van der Waals surface area contributed by atoms with E-state index < -0.39 is 0 Å². The van der Waals surface area contributed by atoms with Gasteiger partial charge in [-0.25, -0.2) is 0 Å². The third kappa shape index (κ3) is 2.16. The topological polar surface area (TPSA) is 40.5 Å². The van der Waals surface area contributed by atoms with Crippen LogP contribution in [0.1, 0.15) is 23.2 Å². The molecule has 1 aliphatic heterocycles. The highest BCUT2D eigenvalue weighted by Gasteiger charge is 2.27. The molecule has 20 heavy (non-hydrogen) atoms. The summed E-state index contributed by atoms with van der Waals surface area (Å²) in [5, 5.41) is 11.4. The van der Waals surface area contributed by atoms with Crippen molar-refractivity contribution < 1.29 is 9.90 Å². The Balaban J connectivity index is 1.95. The quantitative estimate of drug-likeness (QED) is 0.848. The van der Waals surface area contributed by atoms with Crippen LogP contribution in [0.4, 0.5) is 0 Å². The van der Waals surface area contributed by atoms with Gasteiger partial charge in [-0.15, -0.1) is 6.58 Å². The van der Waals surface area contributed by atoms with Crippen molar-refractivity contribution in [2.75, 3.05) is 6.54 Å². The van der Waals surface area contributed by atoms with E-state index in [1.165, 1.54) is 0 Å². The monoisotopic (exact) mass is 267 g/mol. The molecule has 2 aromatic carbocycles. The van der Waals surface area contributed by atoms with E-state index in [2.05, 4.69) is 6.58 Å². The number of benzene rings is 2. The minimum absolute atomic E-state index is 0.0578. The van der Waals surface area contributed by atoms with Gasteiger partial charge in [-0.3, -0.25) is 4.79 Å². The van der Waals surface area contributed by atoms with Gasteiger partial charge in [0.1, 0.15) is 5.75 Å². The van der Waals surface area contributed by atoms with Gasteiger partial charge < -0.3 is 10.0 Å². The molecule has 3 nitrogen and oxygen atoms in total. The second-order valence-electron chi connectivity index (χ2n) is 5.19. The first-order valence-corrected chi connectivity index (χ1v) is 6.85. The van der Waals surface area contributed by atoms with Crippen molar-refractivity contribution in [2.24, 2.45) is 0 Å². The molecule has 1 atom stereocenters. The fourth-order valence-corrected chi connectivity index (χ4v) is 2.82. The van der Waals surface area contributed by atoms with Crippen LogP contribution in [-0.4, -0.2) is 28.5 Å². The Kier molecular flexibility index (Phi) is 3.18. The van der Waals surface area contributed by atoms with Gasteiger partial charge in [0.2, 0.25) is 0 Å². The van der Waals surface area contributed by atoms with Crippen LogP contribution >= 0.6 is 0 Å².